The van der Waals surface area contributed by atoms with Crippen molar-refractivity contribution in [3.8, 4) is 5.75 Å². The Labute approximate surface area is 88.4 Å². The summed E-state index contributed by atoms with van der Waals surface area (Å²) in [5.74, 6) is 0.569. The van der Waals surface area contributed by atoms with Crippen LogP contribution in [0.25, 0.3) is 0 Å². The molecule has 1 aromatic rings. The molecule has 0 bridgehead atoms. The number of aliphatic hydroxyl groups is 1. The lowest BCUT2D eigenvalue weighted by Gasteiger charge is -2.16. The molecule has 0 saturated carbocycles. The zero-order valence-electron chi connectivity index (χ0n) is 8.47. The Bertz CT molecular complexity index is 350. The fourth-order valence-electron chi connectivity index (χ4n) is 1.47. The number of ether oxygens (including phenoxy) is 1. The van der Waals surface area contributed by atoms with E-state index in [4.69, 9.17) is 22.1 Å². The smallest absolute Gasteiger partial charge is 0.132 e. The van der Waals surface area contributed by atoms with Crippen LogP contribution in [0.3, 0.4) is 0 Å². The largest absolute Gasteiger partial charge is 0.496 e. The van der Waals surface area contributed by atoms with E-state index >= 15 is 0 Å². The molecule has 1 atom stereocenters. The predicted molar refractivity (Wildman–Crippen MR) is 56.6 cm³/mol. The molecule has 0 amide bonds. The molecule has 0 heterocycles. The topological polar surface area (TPSA) is 55.5 Å². The second-order valence-electron chi connectivity index (χ2n) is 3.19. The lowest BCUT2D eigenvalue weighted by molar-refractivity contribution is 0.181. The van der Waals surface area contributed by atoms with Gasteiger partial charge in [0.05, 0.1) is 7.11 Å². The lowest BCUT2D eigenvalue weighted by Crippen LogP contribution is -2.12. The Balaban J connectivity index is 3.45. The molecule has 0 saturated heterocycles. The maximum absolute atomic E-state index is 9.37. The van der Waals surface area contributed by atoms with Crippen LogP contribution in [0, 0.1) is 13.8 Å². The standard InChI is InChI=1S/C10H14ClNO2/c1-5-4-7(14-3)8(10(12)13)6(2)9(5)11/h4,10,13H,12H2,1-3H3. The van der Waals surface area contributed by atoms with Crippen molar-refractivity contribution in [3.05, 3.63) is 27.8 Å². The normalized spacial score (nSPS) is 12.7. The van der Waals surface area contributed by atoms with Gasteiger partial charge in [-0.2, -0.15) is 0 Å². The first-order valence-corrected chi connectivity index (χ1v) is 4.64. The third-order valence-corrected chi connectivity index (χ3v) is 2.79. The van der Waals surface area contributed by atoms with Gasteiger partial charge < -0.3 is 15.6 Å². The van der Waals surface area contributed by atoms with Crippen molar-refractivity contribution in [1.29, 1.82) is 0 Å². The van der Waals surface area contributed by atoms with Crippen molar-refractivity contribution in [1.82, 2.24) is 0 Å². The molecule has 0 aliphatic carbocycles. The first kappa shape index (κ1) is 11.3. The van der Waals surface area contributed by atoms with Crippen molar-refractivity contribution in [2.24, 2.45) is 5.73 Å². The van der Waals surface area contributed by atoms with Crippen LogP contribution in [0.1, 0.15) is 22.9 Å². The van der Waals surface area contributed by atoms with E-state index in [0.717, 1.165) is 11.1 Å². The molecular weight excluding hydrogens is 202 g/mol. The third-order valence-electron chi connectivity index (χ3n) is 2.21. The molecule has 3 N–H and O–H groups in total. The second-order valence-corrected chi connectivity index (χ2v) is 3.57. The van der Waals surface area contributed by atoms with Gasteiger partial charge >= 0.3 is 0 Å². The van der Waals surface area contributed by atoms with Crippen LogP contribution in [-0.2, 0) is 0 Å². The number of hydrogen-bond donors (Lipinski definition) is 2. The van der Waals surface area contributed by atoms with Crippen molar-refractivity contribution in [2.45, 2.75) is 20.1 Å². The Morgan fingerprint density at radius 1 is 1.50 bits per heavy atom. The molecule has 0 spiro atoms. The molecule has 0 fully saturated rings. The maximum Gasteiger partial charge on any atom is 0.132 e. The highest BCUT2D eigenvalue weighted by molar-refractivity contribution is 6.32. The number of nitrogens with two attached hydrogens (primary N) is 1. The molecule has 4 heteroatoms. The van der Waals surface area contributed by atoms with E-state index in [1.54, 1.807) is 6.07 Å². The van der Waals surface area contributed by atoms with Gasteiger partial charge in [0.1, 0.15) is 12.0 Å². The first-order valence-electron chi connectivity index (χ1n) is 4.26. The van der Waals surface area contributed by atoms with E-state index in [0.29, 0.717) is 16.3 Å². The van der Waals surface area contributed by atoms with Crippen LogP contribution in [0.5, 0.6) is 5.75 Å². The molecule has 78 valence electrons. The molecule has 0 aromatic heterocycles. The molecule has 0 aliphatic rings. The van der Waals surface area contributed by atoms with Gasteiger partial charge in [0, 0.05) is 10.6 Å². The van der Waals surface area contributed by atoms with Crippen molar-refractivity contribution >= 4 is 11.6 Å². The zero-order chi connectivity index (χ0) is 10.9. The van der Waals surface area contributed by atoms with Crippen LogP contribution in [0.4, 0.5) is 0 Å². The summed E-state index contributed by atoms with van der Waals surface area (Å²) in [6.07, 6.45) is -1.07. The molecule has 3 nitrogen and oxygen atoms in total. The summed E-state index contributed by atoms with van der Waals surface area (Å²) in [6.45, 7) is 3.69. The number of methoxy groups -OCH3 is 1. The Morgan fingerprint density at radius 2 is 2.07 bits per heavy atom. The predicted octanol–water partition coefficient (Wildman–Crippen LogP) is 1.92. The van der Waals surface area contributed by atoms with Gasteiger partial charge in [-0.05, 0) is 31.0 Å². The van der Waals surface area contributed by atoms with Crippen molar-refractivity contribution in [3.63, 3.8) is 0 Å². The van der Waals surface area contributed by atoms with Gasteiger partial charge in [-0.25, -0.2) is 0 Å². The maximum atomic E-state index is 9.37. The Morgan fingerprint density at radius 3 is 2.50 bits per heavy atom. The summed E-state index contributed by atoms with van der Waals surface area (Å²) < 4.78 is 5.12. The average molecular weight is 216 g/mol. The van der Waals surface area contributed by atoms with Crippen LogP contribution in [0.2, 0.25) is 5.02 Å². The summed E-state index contributed by atoms with van der Waals surface area (Å²) in [5, 5.41) is 9.99. The minimum Gasteiger partial charge on any atom is -0.496 e. The van der Waals surface area contributed by atoms with Crippen LogP contribution >= 0.6 is 11.6 Å². The van der Waals surface area contributed by atoms with Gasteiger partial charge in [0.15, 0.2) is 0 Å². The number of benzene rings is 1. The fraction of sp³-hybridized carbons (Fsp3) is 0.400. The molecule has 1 aromatic carbocycles. The monoisotopic (exact) mass is 215 g/mol. The first-order chi connectivity index (χ1) is 6.49. The molecule has 14 heavy (non-hydrogen) atoms. The van der Waals surface area contributed by atoms with E-state index < -0.39 is 6.23 Å². The number of aryl methyl sites for hydroxylation is 1. The molecular formula is C10H14ClNO2. The second kappa shape index (κ2) is 4.17. The number of rotatable bonds is 2. The highest BCUT2D eigenvalue weighted by Gasteiger charge is 2.16. The van der Waals surface area contributed by atoms with Gasteiger partial charge in [-0.3, -0.25) is 0 Å². The minimum atomic E-state index is -1.07. The summed E-state index contributed by atoms with van der Waals surface area (Å²) in [5.41, 5.74) is 7.64. The highest BCUT2D eigenvalue weighted by atomic mass is 35.5. The number of halogens is 1. The summed E-state index contributed by atoms with van der Waals surface area (Å²) in [6, 6.07) is 1.76. The Hall–Kier alpha value is -0.770. The van der Waals surface area contributed by atoms with Gasteiger partial charge in [0.25, 0.3) is 0 Å². The SMILES string of the molecule is COc1cc(C)c(Cl)c(C)c1C(N)O. The highest BCUT2D eigenvalue weighted by Crippen LogP contribution is 2.33. The zero-order valence-corrected chi connectivity index (χ0v) is 9.22. The van der Waals surface area contributed by atoms with E-state index in [2.05, 4.69) is 0 Å². The van der Waals surface area contributed by atoms with E-state index in [1.165, 1.54) is 7.11 Å². The van der Waals surface area contributed by atoms with Crippen LogP contribution in [-0.4, -0.2) is 12.2 Å². The molecule has 1 unspecified atom stereocenters. The molecule has 0 aliphatic heterocycles. The van der Waals surface area contributed by atoms with E-state index in [1.807, 2.05) is 13.8 Å². The van der Waals surface area contributed by atoms with Crippen LogP contribution in [0.15, 0.2) is 6.07 Å². The molecule has 0 radical (unpaired) electrons. The fourth-order valence-corrected chi connectivity index (χ4v) is 1.63. The van der Waals surface area contributed by atoms with Gasteiger partial charge in [0.2, 0.25) is 0 Å². The average Bonchev–Trinajstić information content (AvgIpc) is 2.12. The number of aliphatic hydroxyl groups excluding tert-OH is 1. The van der Waals surface area contributed by atoms with Crippen LogP contribution < -0.4 is 10.5 Å². The Kier molecular flexibility index (Phi) is 3.37. The summed E-state index contributed by atoms with van der Waals surface area (Å²) >= 11 is 6.03. The van der Waals surface area contributed by atoms with Gasteiger partial charge in [-0.15, -0.1) is 0 Å². The summed E-state index contributed by atoms with van der Waals surface area (Å²) in [7, 11) is 1.54. The van der Waals surface area contributed by atoms with E-state index in [-0.39, 0.29) is 0 Å². The van der Waals surface area contributed by atoms with Gasteiger partial charge in [-0.1, -0.05) is 11.6 Å². The minimum absolute atomic E-state index is 0.545. The van der Waals surface area contributed by atoms with Crippen molar-refractivity contribution in [2.75, 3.05) is 7.11 Å². The third kappa shape index (κ3) is 1.85. The lowest BCUT2D eigenvalue weighted by atomic mass is 10.0. The van der Waals surface area contributed by atoms with E-state index in [9.17, 15) is 5.11 Å². The molecule has 1 rings (SSSR count). The number of hydrogen-bond acceptors (Lipinski definition) is 3. The summed E-state index contributed by atoms with van der Waals surface area (Å²) in [4.78, 5) is 0. The van der Waals surface area contributed by atoms with Crippen molar-refractivity contribution < 1.29 is 9.84 Å². The quantitative estimate of drug-likeness (QED) is 0.742.